The van der Waals surface area contributed by atoms with E-state index in [2.05, 4.69) is 15.9 Å². The number of hydrogen-bond acceptors (Lipinski definition) is 2. The minimum Gasteiger partial charge on any atom is -0.455 e. The van der Waals surface area contributed by atoms with Gasteiger partial charge in [0, 0.05) is 6.07 Å². The quantitative estimate of drug-likeness (QED) is 0.482. The van der Waals surface area contributed by atoms with Gasteiger partial charge in [0.15, 0.2) is 0 Å². The molecule has 2 aromatic carbocycles. The number of amidine groups is 1. The van der Waals surface area contributed by atoms with Crippen molar-refractivity contribution in [3.05, 3.63) is 57.0 Å². The number of nitrogen functional groups attached to an aromatic ring is 1. The number of ether oxygens (including phenoxy) is 1. The highest BCUT2D eigenvalue weighted by Crippen LogP contribution is 2.35. The van der Waals surface area contributed by atoms with E-state index in [1.165, 1.54) is 18.2 Å². The van der Waals surface area contributed by atoms with E-state index in [9.17, 15) is 8.78 Å². The first kappa shape index (κ1) is 14.7. The van der Waals surface area contributed by atoms with Gasteiger partial charge in [-0.25, -0.2) is 8.78 Å². The van der Waals surface area contributed by atoms with Gasteiger partial charge in [-0.2, -0.15) is 0 Å². The number of rotatable bonds is 3. The number of benzene rings is 2. The standard InChI is InChI=1S/C13H8BrClF2N2O/c14-6-4-7(15)9(17)5-11(6)20-10-3-1-2-8(16)12(10)13(18)19/h1-5H,(H3,18,19). The Labute approximate surface area is 126 Å². The summed E-state index contributed by atoms with van der Waals surface area (Å²) in [6, 6.07) is 6.36. The summed E-state index contributed by atoms with van der Waals surface area (Å²) in [6.45, 7) is 0. The van der Waals surface area contributed by atoms with Crippen LogP contribution in [0.1, 0.15) is 5.56 Å². The fourth-order valence-electron chi connectivity index (χ4n) is 1.55. The van der Waals surface area contributed by atoms with Crippen molar-refractivity contribution in [2.24, 2.45) is 5.73 Å². The Bertz CT molecular complexity index is 694. The Balaban J connectivity index is 2.48. The average Bonchev–Trinajstić information content (AvgIpc) is 2.35. The van der Waals surface area contributed by atoms with Gasteiger partial charge in [0.1, 0.15) is 29.0 Å². The van der Waals surface area contributed by atoms with Gasteiger partial charge in [-0.15, -0.1) is 0 Å². The first-order valence-electron chi connectivity index (χ1n) is 5.35. The van der Waals surface area contributed by atoms with E-state index in [1.807, 2.05) is 0 Å². The van der Waals surface area contributed by atoms with E-state index in [1.54, 1.807) is 0 Å². The second-order valence-corrected chi connectivity index (χ2v) is 5.09. The minimum atomic E-state index is -0.694. The van der Waals surface area contributed by atoms with Crippen LogP contribution in [0.3, 0.4) is 0 Å². The molecule has 0 bridgehead atoms. The summed E-state index contributed by atoms with van der Waals surface area (Å²) < 4.78 is 32.9. The van der Waals surface area contributed by atoms with Crippen LogP contribution in [0.15, 0.2) is 34.8 Å². The van der Waals surface area contributed by atoms with Gasteiger partial charge >= 0.3 is 0 Å². The van der Waals surface area contributed by atoms with Crippen LogP contribution in [0.25, 0.3) is 0 Å². The second-order valence-electron chi connectivity index (χ2n) is 3.83. The zero-order valence-corrected chi connectivity index (χ0v) is 12.2. The van der Waals surface area contributed by atoms with Gasteiger partial charge in [-0.3, -0.25) is 5.41 Å². The van der Waals surface area contributed by atoms with Crippen LogP contribution >= 0.6 is 27.5 Å². The number of hydrogen-bond donors (Lipinski definition) is 2. The van der Waals surface area contributed by atoms with E-state index in [4.69, 9.17) is 27.5 Å². The molecule has 3 N–H and O–H groups in total. The summed E-state index contributed by atoms with van der Waals surface area (Å²) in [5.41, 5.74) is 5.13. The number of nitrogens with one attached hydrogen (secondary N) is 1. The van der Waals surface area contributed by atoms with Crippen molar-refractivity contribution >= 4 is 33.4 Å². The van der Waals surface area contributed by atoms with Crippen molar-refractivity contribution in [1.82, 2.24) is 0 Å². The number of nitrogens with two attached hydrogens (primary N) is 1. The van der Waals surface area contributed by atoms with Crippen LogP contribution in [-0.4, -0.2) is 5.84 Å². The highest BCUT2D eigenvalue weighted by atomic mass is 79.9. The Morgan fingerprint density at radius 2 is 1.90 bits per heavy atom. The summed E-state index contributed by atoms with van der Waals surface area (Å²) in [4.78, 5) is 0. The molecule has 0 fully saturated rings. The maximum Gasteiger partial charge on any atom is 0.145 e. The van der Waals surface area contributed by atoms with Gasteiger partial charge < -0.3 is 10.5 Å². The Kier molecular flexibility index (Phi) is 4.25. The maximum atomic E-state index is 13.6. The smallest absolute Gasteiger partial charge is 0.145 e. The molecule has 7 heteroatoms. The van der Waals surface area contributed by atoms with Gasteiger partial charge in [-0.1, -0.05) is 17.7 Å². The molecule has 3 nitrogen and oxygen atoms in total. The van der Waals surface area contributed by atoms with Crippen molar-refractivity contribution < 1.29 is 13.5 Å². The average molecular weight is 362 g/mol. The van der Waals surface area contributed by atoms with Crippen molar-refractivity contribution in [1.29, 1.82) is 5.41 Å². The monoisotopic (exact) mass is 360 g/mol. The van der Waals surface area contributed by atoms with Gasteiger partial charge in [-0.05, 0) is 34.1 Å². The molecule has 0 atom stereocenters. The van der Waals surface area contributed by atoms with Gasteiger partial charge in [0.25, 0.3) is 0 Å². The van der Waals surface area contributed by atoms with Crippen LogP contribution in [0.5, 0.6) is 11.5 Å². The highest BCUT2D eigenvalue weighted by molar-refractivity contribution is 9.10. The third-order valence-electron chi connectivity index (χ3n) is 2.44. The topological polar surface area (TPSA) is 59.1 Å². The molecule has 0 unspecified atom stereocenters. The molecule has 0 aliphatic heterocycles. The molecule has 0 amide bonds. The van der Waals surface area contributed by atoms with Gasteiger partial charge in [0.05, 0.1) is 15.1 Å². The van der Waals surface area contributed by atoms with E-state index < -0.39 is 17.5 Å². The zero-order chi connectivity index (χ0) is 14.9. The first-order valence-corrected chi connectivity index (χ1v) is 6.52. The first-order chi connectivity index (χ1) is 9.40. The summed E-state index contributed by atoms with van der Waals surface area (Å²) in [7, 11) is 0. The molecule has 0 aliphatic carbocycles. The van der Waals surface area contributed by atoms with E-state index in [-0.39, 0.29) is 22.1 Å². The lowest BCUT2D eigenvalue weighted by molar-refractivity contribution is 0.467. The SMILES string of the molecule is N=C(N)c1c(F)cccc1Oc1cc(F)c(Cl)cc1Br. The summed E-state index contributed by atoms with van der Waals surface area (Å²) in [5, 5.41) is 7.29. The van der Waals surface area contributed by atoms with E-state index >= 15 is 0 Å². The Hall–Kier alpha value is -1.66. The summed E-state index contributed by atoms with van der Waals surface area (Å²) in [5.74, 6) is -1.74. The molecular weight excluding hydrogens is 354 g/mol. The predicted molar refractivity (Wildman–Crippen MR) is 76.6 cm³/mol. The molecule has 0 spiro atoms. The molecule has 104 valence electrons. The Morgan fingerprint density at radius 3 is 2.55 bits per heavy atom. The molecule has 0 saturated heterocycles. The molecule has 0 saturated carbocycles. The normalized spacial score (nSPS) is 10.4. The molecule has 0 radical (unpaired) electrons. The Morgan fingerprint density at radius 1 is 1.20 bits per heavy atom. The molecular formula is C13H8BrClF2N2O. The van der Waals surface area contributed by atoms with Crippen molar-refractivity contribution in [2.75, 3.05) is 0 Å². The minimum absolute atomic E-state index is 0.0138. The lowest BCUT2D eigenvalue weighted by Crippen LogP contribution is -2.14. The third-order valence-corrected chi connectivity index (χ3v) is 3.35. The van der Waals surface area contributed by atoms with Crippen LogP contribution in [0.2, 0.25) is 5.02 Å². The molecule has 0 heterocycles. The summed E-state index contributed by atoms with van der Waals surface area (Å²) in [6.07, 6.45) is 0. The van der Waals surface area contributed by atoms with Crippen molar-refractivity contribution in [2.45, 2.75) is 0 Å². The zero-order valence-electron chi connectivity index (χ0n) is 9.88. The molecule has 20 heavy (non-hydrogen) atoms. The fourth-order valence-corrected chi connectivity index (χ4v) is 2.27. The fraction of sp³-hybridized carbons (Fsp3) is 0. The lowest BCUT2D eigenvalue weighted by Gasteiger charge is -2.12. The highest BCUT2D eigenvalue weighted by Gasteiger charge is 2.15. The number of halogens is 4. The predicted octanol–water partition coefficient (Wildman–Crippen LogP) is 4.46. The summed E-state index contributed by atoms with van der Waals surface area (Å²) >= 11 is 8.79. The van der Waals surface area contributed by atoms with E-state index in [0.29, 0.717) is 4.47 Å². The van der Waals surface area contributed by atoms with Crippen LogP contribution in [-0.2, 0) is 0 Å². The maximum absolute atomic E-state index is 13.6. The molecule has 2 aromatic rings. The molecule has 2 rings (SSSR count). The third kappa shape index (κ3) is 2.91. The van der Waals surface area contributed by atoms with Crippen LogP contribution in [0.4, 0.5) is 8.78 Å². The molecule has 0 aliphatic rings. The van der Waals surface area contributed by atoms with Crippen molar-refractivity contribution in [3.63, 3.8) is 0 Å². The molecule has 0 aromatic heterocycles. The van der Waals surface area contributed by atoms with Gasteiger partial charge in [0.2, 0.25) is 0 Å². The largest absolute Gasteiger partial charge is 0.455 e. The van der Waals surface area contributed by atoms with Crippen LogP contribution < -0.4 is 10.5 Å². The second kappa shape index (κ2) is 5.76. The van der Waals surface area contributed by atoms with Crippen LogP contribution in [0, 0.1) is 17.0 Å². The van der Waals surface area contributed by atoms with E-state index in [0.717, 1.165) is 12.1 Å². The van der Waals surface area contributed by atoms with Crippen molar-refractivity contribution in [3.8, 4) is 11.5 Å². The lowest BCUT2D eigenvalue weighted by atomic mass is 10.1.